The summed E-state index contributed by atoms with van der Waals surface area (Å²) in [5.74, 6) is -0.786. The monoisotopic (exact) mass is 355 g/mol. The molecule has 0 unspecified atom stereocenters. The van der Waals surface area contributed by atoms with Crippen molar-refractivity contribution < 1.29 is 14.3 Å². The van der Waals surface area contributed by atoms with Crippen molar-refractivity contribution in [1.82, 2.24) is 4.57 Å². The second-order valence-corrected chi connectivity index (χ2v) is 5.82. The lowest BCUT2D eigenvalue weighted by atomic mass is 10.1. The second-order valence-electron chi connectivity index (χ2n) is 5.38. The van der Waals surface area contributed by atoms with E-state index >= 15 is 0 Å². The molecule has 0 radical (unpaired) electrons. The van der Waals surface area contributed by atoms with Crippen LogP contribution < -0.4 is 5.63 Å². The number of rotatable bonds is 4. The molecule has 0 spiro atoms. The van der Waals surface area contributed by atoms with Crippen LogP contribution in [0.15, 0.2) is 63.9 Å². The van der Waals surface area contributed by atoms with Crippen molar-refractivity contribution >= 4 is 23.5 Å². The lowest BCUT2D eigenvalue weighted by Gasteiger charge is -2.06. The number of carbonyl (C=O) groups excluding carboxylic acids is 1. The van der Waals surface area contributed by atoms with Gasteiger partial charge in [0.2, 0.25) is 0 Å². The molecular weight excluding hydrogens is 342 g/mol. The molecule has 1 N–H and O–H groups in total. The molecule has 126 valence electrons. The quantitative estimate of drug-likeness (QED) is 0.567. The number of aromatic nitrogens is 1. The number of nitrogens with zero attached hydrogens (tertiary/aromatic N) is 1. The molecule has 1 aromatic carbocycles. The van der Waals surface area contributed by atoms with Crippen LogP contribution in [-0.4, -0.2) is 15.5 Å². The topological polar surface area (TPSA) is 72.4 Å². The average molecular weight is 356 g/mol. The predicted molar refractivity (Wildman–Crippen MR) is 95.5 cm³/mol. The lowest BCUT2D eigenvalue weighted by molar-refractivity contribution is 0.104. The van der Waals surface area contributed by atoms with E-state index in [1.54, 1.807) is 18.2 Å². The van der Waals surface area contributed by atoms with Crippen LogP contribution in [0.5, 0.6) is 5.75 Å². The summed E-state index contributed by atoms with van der Waals surface area (Å²) in [5.41, 5.74) is 0.359. The number of allylic oxidation sites excluding steroid dienone is 1. The van der Waals surface area contributed by atoms with Gasteiger partial charge in [-0.3, -0.25) is 4.79 Å². The highest BCUT2D eigenvalue weighted by atomic mass is 35.5. The van der Waals surface area contributed by atoms with Gasteiger partial charge in [0.15, 0.2) is 5.78 Å². The zero-order valence-electron chi connectivity index (χ0n) is 13.3. The van der Waals surface area contributed by atoms with Crippen LogP contribution in [0.4, 0.5) is 0 Å². The van der Waals surface area contributed by atoms with Gasteiger partial charge < -0.3 is 14.1 Å². The molecule has 6 heteroatoms. The highest BCUT2D eigenvalue weighted by molar-refractivity contribution is 6.30. The molecule has 0 fully saturated rings. The number of benzene rings is 1. The molecule has 2 heterocycles. The van der Waals surface area contributed by atoms with Crippen LogP contribution in [0, 0.1) is 6.92 Å². The van der Waals surface area contributed by atoms with Gasteiger partial charge >= 0.3 is 5.63 Å². The van der Waals surface area contributed by atoms with Crippen molar-refractivity contribution in [3.63, 3.8) is 0 Å². The standard InChI is InChI=1S/C19H14ClNO4/c1-12-11-17(23)18(19(24)25-12)16(22)9-8-14-3-2-10-21(14)15-6-4-13(20)5-7-15/h2-11,23H,1H3/b9-8+. The number of halogens is 1. The highest BCUT2D eigenvalue weighted by Crippen LogP contribution is 2.19. The minimum absolute atomic E-state index is 0.236. The first-order chi connectivity index (χ1) is 12.0. The maximum absolute atomic E-state index is 12.3. The minimum Gasteiger partial charge on any atom is -0.507 e. The SMILES string of the molecule is Cc1cc(O)c(C(=O)/C=C/c2cccn2-c2ccc(Cl)cc2)c(=O)o1. The molecule has 0 atom stereocenters. The number of ketones is 1. The van der Waals surface area contributed by atoms with Gasteiger partial charge in [-0.05, 0) is 55.5 Å². The summed E-state index contributed by atoms with van der Waals surface area (Å²) >= 11 is 5.89. The fourth-order valence-electron chi connectivity index (χ4n) is 2.43. The zero-order chi connectivity index (χ0) is 18.0. The minimum atomic E-state index is -0.861. The Hall–Kier alpha value is -3.05. The molecule has 2 aromatic heterocycles. The van der Waals surface area contributed by atoms with Crippen LogP contribution in [0.1, 0.15) is 21.8 Å². The van der Waals surface area contributed by atoms with Gasteiger partial charge in [0.25, 0.3) is 0 Å². The molecule has 0 amide bonds. The average Bonchev–Trinajstić information content (AvgIpc) is 3.01. The Balaban J connectivity index is 1.91. The third-order valence-electron chi connectivity index (χ3n) is 3.59. The summed E-state index contributed by atoms with van der Waals surface area (Å²) in [5, 5.41) is 10.5. The molecule has 0 saturated heterocycles. The Kier molecular flexibility index (Phi) is 4.59. The molecule has 5 nitrogen and oxygen atoms in total. The van der Waals surface area contributed by atoms with E-state index in [0.717, 1.165) is 11.4 Å². The summed E-state index contributed by atoms with van der Waals surface area (Å²) in [6.07, 6.45) is 4.63. The van der Waals surface area contributed by atoms with Gasteiger partial charge in [0.05, 0.1) is 0 Å². The number of aromatic hydroxyl groups is 1. The lowest BCUT2D eigenvalue weighted by Crippen LogP contribution is -2.13. The summed E-state index contributed by atoms with van der Waals surface area (Å²) in [6.45, 7) is 1.52. The van der Waals surface area contributed by atoms with Crippen LogP contribution in [0.3, 0.4) is 0 Å². The maximum Gasteiger partial charge on any atom is 0.351 e. The molecule has 3 aromatic rings. The fraction of sp³-hybridized carbons (Fsp3) is 0.0526. The van der Waals surface area contributed by atoms with Crippen molar-refractivity contribution in [3.05, 3.63) is 87.2 Å². The first-order valence-electron chi connectivity index (χ1n) is 7.45. The van der Waals surface area contributed by atoms with E-state index in [1.807, 2.05) is 35.0 Å². The van der Waals surface area contributed by atoms with Crippen molar-refractivity contribution in [1.29, 1.82) is 0 Å². The van der Waals surface area contributed by atoms with Crippen molar-refractivity contribution in [2.75, 3.05) is 0 Å². The Morgan fingerprint density at radius 2 is 1.96 bits per heavy atom. The number of carbonyl (C=O) groups is 1. The van der Waals surface area contributed by atoms with Gasteiger partial charge in [-0.25, -0.2) is 4.79 Å². The smallest absolute Gasteiger partial charge is 0.351 e. The normalized spacial score (nSPS) is 11.1. The Bertz CT molecular complexity index is 1010. The van der Waals surface area contributed by atoms with Crippen LogP contribution in [-0.2, 0) is 0 Å². The van der Waals surface area contributed by atoms with E-state index in [9.17, 15) is 14.7 Å². The van der Waals surface area contributed by atoms with Gasteiger partial charge in [-0.2, -0.15) is 0 Å². The Morgan fingerprint density at radius 3 is 2.64 bits per heavy atom. The predicted octanol–water partition coefficient (Wildman–Crippen LogP) is 3.99. The number of aryl methyl sites for hydroxylation is 1. The molecular formula is C19H14ClNO4. The van der Waals surface area contributed by atoms with Crippen LogP contribution in [0.25, 0.3) is 11.8 Å². The van der Waals surface area contributed by atoms with E-state index < -0.39 is 17.2 Å². The summed E-state index contributed by atoms with van der Waals surface area (Å²) in [4.78, 5) is 24.0. The molecule has 0 bridgehead atoms. The van der Waals surface area contributed by atoms with Crippen molar-refractivity contribution in [3.8, 4) is 11.4 Å². The van der Waals surface area contributed by atoms with E-state index in [-0.39, 0.29) is 11.3 Å². The molecule has 0 aliphatic heterocycles. The first-order valence-corrected chi connectivity index (χ1v) is 7.83. The molecule has 3 rings (SSSR count). The van der Waals surface area contributed by atoms with Crippen LogP contribution in [0.2, 0.25) is 5.02 Å². The largest absolute Gasteiger partial charge is 0.507 e. The Labute approximate surface area is 148 Å². The molecule has 0 aliphatic rings. The number of hydrogen-bond acceptors (Lipinski definition) is 4. The van der Waals surface area contributed by atoms with E-state index in [1.165, 1.54) is 19.1 Å². The van der Waals surface area contributed by atoms with Crippen molar-refractivity contribution in [2.24, 2.45) is 0 Å². The van der Waals surface area contributed by atoms with E-state index in [4.69, 9.17) is 16.0 Å². The summed E-state index contributed by atoms with van der Waals surface area (Å²) in [7, 11) is 0. The number of hydrogen-bond donors (Lipinski definition) is 1. The van der Waals surface area contributed by atoms with Crippen LogP contribution >= 0.6 is 11.6 Å². The summed E-state index contributed by atoms with van der Waals surface area (Å²) in [6, 6.07) is 12.1. The summed E-state index contributed by atoms with van der Waals surface area (Å²) < 4.78 is 6.72. The Morgan fingerprint density at radius 1 is 1.24 bits per heavy atom. The van der Waals surface area contributed by atoms with Gasteiger partial charge in [0, 0.05) is 28.7 Å². The fourth-order valence-corrected chi connectivity index (χ4v) is 2.56. The zero-order valence-corrected chi connectivity index (χ0v) is 14.0. The van der Waals surface area contributed by atoms with E-state index in [2.05, 4.69) is 0 Å². The van der Waals surface area contributed by atoms with E-state index in [0.29, 0.717) is 5.02 Å². The maximum atomic E-state index is 12.3. The second kappa shape index (κ2) is 6.83. The van der Waals surface area contributed by atoms with Gasteiger partial charge in [-0.15, -0.1) is 0 Å². The molecule has 0 saturated carbocycles. The molecule has 0 aliphatic carbocycles. The van der Waals surface area contributed by atoms with Crippen molar-refractivity contribution in [2.45, 2.75) is 6.92 Å². The third-order valence-corrected chi connectivity index (χ3v) is 3.84. The highest BCUT2D eigenvalue weighted by Gasteiger charge is 2.16. The van der Waals surface area contributed by atoms with Gasteiger partial charge in [0.1, 0.15) is 17.1 Å². The molecule has 25 heavy (non-hydrogen) atoms. The third kappa shape index (κ3) is 3.56. The van der Waals surface area contributed by atoms with Gasteiger partial charge in [-0.1, -0.05) is 11.6 Å². The first kappa shape index (κ1) is 16.8.